The third-order valence-corrected chi connectivity index (χ3v) is 5.08. The number of nitrogens with zero attached hydrogens (tertiary/aromatic N) is 3. The fourth-order valence-electron chi connectivity index (χ4n) is 3.29. The molecule has 0 atom stereocenters. The number of unbranched alkanes of at least 4 members (excludes halogenated alkanes) is 9. The average molecular weight is 442 g/mol. The molecule has 0 saturated carbocycles. The van der Waals surface area contributed by atoms with Gasteiger partial charge in [0.2, 0.25) is 5.11 Å². The van der Waals surface area contributed by atoms with E-state index in [1.54, 1.807) is 0 Å². The van der Waals surface area contributed by atoms with Gasteiger partial charge in [0.1, 0.15) is 13.2 Å². The number of rotatable bonds is 19. The van der Waals surface area contributed by atoms with Crippen LogP contribution in [0.1, 0.15) is 96.8 Å². The molecule has 0 bridgehead atoms. The van der Waals surface area contributed by atoms with Crippen molar-refractivity contribution in [3.8, 4) is 0 Å². The van der Waals surface area contributed by atoms with Crippen LogP contribution in [0.25, 0.3) is 0 Å². The van der Waals surface area contributed by atoms with Gasteiger partial charge in [0, 0.05) is 6.42 Å². The highest BCUT2D eigenvalue weighted by Crippen LogP contribution is 2.15. The van der Waals surface area contributed by atoms with Crippen molar-refractivity contribution in [2.45, 2.75) is 96.8 Å². The molecule has 1 rings (SSSR count). The van der Waals surface area contributed by atoms with E-state index in [0.717, 1.165) is 62.8 Å². The molecule has 0 N–H and O–H groups in total. The molecule has 0 spiro atoms. The van der Waals surface area contributed by atoms with Gasteiger partial charge in [0.05, 0.1) is 11.4 Å². The SMILES string of the molecule is CCCCCCCCC1=NC(=S)N=C1CCCCCCCC(=O)OCCO[N+](=O)[O-]. The predicted molar refractivity (Wildman–Crippen MR) is 122 cm³/mol. The van der Waals surface area contributed by atoms with E-state index in [1.165, 1.54) is 32.1 Å². The van der Waals surface area contributed by atoms with Gasteiger partial charge in [0.25, 0.3) is 5.09 Å². The van der Waals surface area contributed by atoms with Gasteiger partial charge in [-0.05, 0) is 44.3 Å². The van der Waals surface area contributed by atoms with Crippen molar-refractivity contribution in [3.05, 3.63) is 10.1 Å². The number of carbonyl (C=O) groups is 1. The topological polar surface area (TPSA) is 103 Å². The lowest BCUT2D eigenvalue weighted by atomic mass is 10.0. The quantitative estimate of drug-likeness (QED) is 0.0874. The summed E-state index contributed by atoms with van der Waals surface area (Å²) in [6.07, 6.45) is 14.6. The van der Waals surface area contributed by atoms with Crippen molar-refractivity contribution < 1.29 is 19.5 Å². The largest absolute Gasteiger partial charge is 0.464 e. The van der Waals surface area contributed by atoms with Crippen molar-refractivity contribution in [3.63, 3.8) is 0 Å². The fourth-order valence-corrected chi connectivity index (χ4v) is 3.51. The maximum Gasteiger partial charge on any atom is 0.305 e. The maximum atomic E-state index is 11.5. The Morgan fingerprint density at radius 2 is 1.43 bits per heavy atom. The molecule has 170 valence electrons. The maximum absolute atomic E-state index is 11.5. The van der Waals surface area contributed by atoms with Gasteiger partial charge < -0.3 is 9.57 Å². The Morgan fingerprint density at radius 3 is 2.00 bits per heavy atom. The molecule has 0 unspecified atom stereocenters. The van der Waals surface area contributed by atoms with Gasteiger partial charge in [-0.1, -0.05) is 58.3 Å². The molecular weight excluding hydrogens is 406 g/mol. The highest BCUT2D eigenvalue weighted by molar-refractivity contribution is 7.80. The van der Waals surface area contributed by atoms with Gasteiger partial charge >= 0.3 is 5.97 Å². The van der Waals surface area contributed by atoms with Crippen LogP contribution < -0.4 is 0 Å². The molecule has 1 aliphatic heterocycles. The highest BCUT2D eigenvalue weighted by atomic mass is 32.1. The number of aliphatic imine (C=N–C) groups is 2. The van der Waals surface area contributed by atoms with Crippen LogP contribution in [0.5, 0.6) is 0 Å². The van der Waals surface area contributed by atoms with Crippen LogP contribution in [0, 0.1) is 10.1 Å². The van der Waals surface area contributed by atoms with Gasteiger partial charge in [-0.15, -0.1) is 10.1 Å². The van der Waals surface area contributed by atoms with E-state index in [4.69, 9.17) is 17.0 Å². The lowest BCUT2D eigenvalue weighted by Gasteiger charge is -2.06. The number of hydrogen-bond donors (Lipinski definition) is 0. The summed E-state index contributed by atoms with van der Waals surface area (Å²) in [5.74, 6) is -0.341. The van der Waals surface area contributed by atoms with E-state index in [0.29, 0.717) is 11.5 Å². The summed E-state index contributed by atoms with van der Waals surface area (Å²) in [4.78, 5) is 34.4. The zero-order valence-corrected chi connectivity index (χ0v) is 18.9. The summed E-state index contributed by atoms with van der Waals surface area (Å²) in [5, 5.41) is 9.54. The molecule has 0 aliphatic carbocycles. The third kappa shape index (κ3) is 13.3. The van der Waals surface area contributed by atoms with Crippen LogP contribution in [0.4, 0.5) is 0 Å². The lowest BCUT2D eigenvalue weighted by Crippen LogP contribution is -2.12. The van der Waals surface area contributed by atoms with Crippen molar-refractivity contribution in [2.75, 3.05) is 13.2 Å². The van der Waals surface area contributed by atoms with Crippen LogP contribution in [0.3, 0.4) is 0 Å². The van der Waals surface area contributed by atoms with E-state index in [-0.39, 0.29) is 19.2 Å². The number of thiocarbonyl (C=S) groups is 1. The zero-order valence-electron chi connectivity index (χ0n) is 18.1. The second-order valence-corrected chi connectivity index (χ2v) is 7.83. The second kappa shape index (κ2) is 16.8. The normalized spacial score (nSPS) is 13.2. The number of ether oxygens (including phenoxy) is 1. The Labute approximate surface area is 184 Å². The second-order valence-electron chi connectivity index (χ2n) is 7.46. The van der Waals surface area contributed by atoms with Crippen LogP contribution in [-0.4, -0.2) is 40.8 Å². The molecule has 9 heteroatoms. The molecule has 30 heavy (non-hydrogen) atoms. The van der Waals surface area contributed by atoms with E-state index in [2.05, 4.69) is 21.7 Å². The number of hydrogen-bond acceptors (Lipinski definition) is 6. The fraction of sp³-hybridized carbons (Fsp3) is 0.810. The smallest absolute Gasteiger partial charge is 0.305 e. The minimum absolute atomic E-state index is 0.0909. The van der Waals surface area contributed by atoms with Crippen molar-refractivity contribution in [1.29, 1.82) is 0 Å². The molecule has 0 saturated heterocycles. The summed E-state index contributed by atoms with van der Waals surface area (Å²) in [6, 6.07) is 0. The van der Waals surface area contributed by atoms with Crippen LogP contribution >= 0.6 is 12.2 Å². The molecule has 1 aliphatic rings. The van der Waals surface area contributed by atoms with Gasteiger partial charge in [-0.3, -0.25) is 4.79 Å². The molecule has 0 aromatic rings. The summed E-state index contributed by atoms with van der Waals surface area (Å²) in [6.45, 7) is 1.91. The van der Waals surface area contributed by atoms with Gasteiger partial charge in [-0.2, -0.15) is 0 Å². The monoisotopic (exact) mass is 441 g/mol. The molecule has 0 fully saturated rings. The first-order valence-corrected chi connectivity index (χ1v) is 11.6. The summed E-state index contributed by atoms with van der Waals surface area (Å²) in [5.41, 5.74) is 2.15. The van der Waals surface area contributed by atoms with E-state index in [1.807, 2.05) is 0 Å². The van der Waals surface area contributed by atoms with Crippen LogP contribution in [-0.2, 0) is 14.4 Å². The molecule has 0 aromatic heterocycles. The summed E-state index contributed by atoms with van der Waals surface area (Å²) < 4.78 is 4.86. The highest BCUT2D eigenvalue weighted by Gasteiger charge is 2.16. The summed E-state index contributed by atoms with van der Waals surface area (Å²) in [7, 11) is 0. The van der Waals surface area contributed by atoms with Gasteiger partial charge in [-0.25, -0.2) is 9.98 Å². The Kier molecular flexibility index (Phi) is 14.7. The summed E-state index contributed by atoms with van der Waals surface area (Å²) >= 11 is 5.16. The molecule has 8 nitrogen and oxygen atoms in total. The first-order valence-electron chi connectivity index (χ1n) is 11.1. The minimum Gasteiger partial charge on any atom is -0.464 e. The lowest BCUT2D eigenvalue weighted by molar-refractivity contribution is -0.757. The molecule has 0 radical (unpaired) electrons. The average Bonchev–Trinajstić information content (AvgIpc) is 3.06. The van der Waals surface area contributed by atoms with Crippen molar-refractivity contribution in [2.24, 2.45) is 9.98 Å². The molecule has 0 amide bonds. The van der Waals surface area contributed by atoms with E-state index >= 15 is 0 Å². The predicted octanol–water partition coefficient (Wildman–Crippen LogP) is 5.40. The van der Waals surface area contributed by atoms with Gasteiger partial charge in [0.15, 0.2) is 0 Å². The molecular formula is C21H35N3O5S. The van der Waals surface area contributed by atoms with Crippen molar-refractivity contribution >= 4 is 34.7 Å². The number of esters is 1. The van der Waals surface area contributed by atoms with E-state index < -0.39 is 5.09 Å². The van der Waals surface area contributed by atoms with Crippen LogP contribution in [0.15, 0.2) is 9.98 Å². The Bertz CT molecular complexity index is 607. The Balaban J connectivity index is 2.04. The zero-order chi connectivity index (χ0) is 22.0. The van der Waals surface area contributed by atoms with Crippen molar-refractivity contribution in [1.82, 2.24) is 0 Å². The minimum atomic E-state index is -0.901. The van der Waals surface area contributed by atoms with E-state index in [9.17, 15) is 14.9 Å². The molecule has 1 heterocycles. The first kappa shape index (κ1) is 26.1. The number of carbonyl (C=O) groups excluding carboxylic acids is 1. The molecule has 0 aromatic carbocycles. The Hall–Kier alpha value is -1.90. The third-order valence-electron chi connectivity index (χ3n) is 4.90. The Morgan fingerprint density at radius 1 is 0.900 bits per heavy atom. The first-order chi connectivity index (χ1) is 14.5. The van der Waals surface area contributed by atoms with Crippen LogP contribution in [0.2, 0.25) is 0 Å². The standard InChI is InChI=1S/C21H35N3O5S/c1-2-3-4-5-7-10-13-18-19(23-21(30)22-18)14-11-8-6-9-12-15-20(25)28-16-17-29-24(26)27/h2-17H2,1H3.